The predicted octanol–water partition coefficient (Wildman–Crippen LogP) is 1.24. The average Bonchev–Trinajstić information content (AvgIpc) is 2.53. The average molecular weight is 292 g/mol. The summed E-state index contributed by atoms with van der Waals surface area (Å²) in [6.07, 6.45) is 1.71. The van der Waals surface area contributed by atoms with E-state index in [2.05, 4.69) is 5.32 Å². The molecule has 1 aromatic carbocycles. The van der Waals surface area contributed by atoms with Gasteiger partial charge in [-0.3, -0.25) is 4.79 Å². The first-order valence-corrected chi connectivity index (χ1v) is 7.48. The Morgan fingerprint density at radius 1 is 1.43 bits per heavy atom. The third kappa shape index (κ3) is 4.72. The molecular weight excluding hydrogens is 268 g/mol. The lowest BCUT2D eigenvalue weighted by Gasteiger charge is -2.26. The fourth-order valence-electron chi connectivity index (χ4n) is 2.46. The van der Waals surface area contributed by atoms with E-state index in [0.29, 0.717) is 26.4 Å². The summed E-state index contributed by atoms with van der Waals surface area (Å²) in [5.74, 6) is 0.965. The van der Waals surface area contributed by atoms with E-state index in [0.717, 1.165) is 24.2 Å². The molecule has 0 aliphatic carbocycles. The molecule has 1 saturated heterocycles. The van der Waals surface area contributed by atoms with Gasteiger partial charge in [-0.1, -0.05) is 18.2 Å². The van der Waals surface area contributed by atoms with Crippen molar-refractivity contribution in [1.82, 2.24) is 5.32 Å². The van der Waals surface area contributed by atoms with E-state index < -0.39 is 6.04 Å². The molecular formula is C16H24N2O3. The van der Waals surface area contributed by atoms with Crippen LogP contribution >= 0.6 is 0 Å². The van der Waals surface area contributed by atoms with Gasteiger partial charge in [0, 0.05) is 13.2 Å². The van der Waals surface area contributed by atoms with Gasteiger partial charge in [0.15, 0.2) is 0 Å². The lowest BCUT2D eigenvalue weighted by atomic mass is 9.92. The molecule has 1 atom stereocenters. The van der Waals surface area contributed by atoms with Gasteiger partial charge in [-0.2, -0.15) is 0 Å². The number of para-hydroxylation sites is 1. The third-order valence-corrected chi connectivity index (χ3v) is 3.83. The predicted molar refractivity (Wildman–Crippen MR) is 81.2 cm³/mol. The number of rotatable bonds is 6. The van der Waals surface area contributed by atoms with Crippen LogP contribution in [0.1, 0.15) is 18.4 Å². The molecule has 5 nitrogen and oxygen atoms in total. The molecule has 2 rings (SSSR count). The number of nitrogens with two attached hydrogens (primary N) is 1. The second-order valence-electron chi connectivity index (χ2n) is 5.38. The number of ether oxygens (including phenoxy) is 2. The smallest absolute Gasteiger partial charge is 0.237 e. The van der Waals surface area contributed by atoms with E-state index >= 15 is 0 Å². The number of nitrogens with one attached hydrogen (secondary N) is 1. The van der Waals surface area contributed by atoms with Crippen LogP contribution in [-0.4, -0.2) is 38.3 Å². The highest BCUT2D eigenvalue weighted by Crippen LogP contribution is 2.18. The van der Waals surface area contributed by atoms with Crippen LogP contribution in [0.4, 0.5) is 0 Å². The molecule has 21 heavy (non-hydrogen) atoms. The van der Waals surface area contributed by atoms with Crippen LogP contribution in [0, 0.1) is 12.8 Å². The van der Waals surface area contributed by atoms with Crippen molar-refractivity contribution in [2.45, 2.75) is 25.8 Å². The van der Waals surface area contributed by atoms with Gasteiger partial charge in [0.05, 0.1) is 12.6 Å². The third-order valence-electron chi connectivity index (χ3n) is 3.83. The SMILES string of the molecule is Cc1ccccc1OCCNC(=O)C(N)C1CCOCC1. The first-order chi connectivity index (χ1) is 10.2. The maximum atomic E-state index is 12.0. The molecule has 1 heterocycles. The van der Waals surface area contributed by atoms with Gasteiger partial charge in [0.25, 0.3) is 0 Å². The fourth-order valence-corrected chi connectivity index (χ4v) is 2.46. The van der Waals surface area contributed by atoms with E-state index in [9.17, 15) is 4.79 Å². The van der Waals surface area contributed by atoms with Gasteiger partial charge in [-0.05, 0) is 37.3 Å². The number of hydrogen-bond donors (Lipinski definition) is 2. The largest absolute Gasteiger partial charge is 0.491 e. The van der Waals surface area contributed by atoms with Crippen LogP contribution in [0.3, 0.4) is 0 Å². The highest BCUT2D eigenvalue weighted by atomic mass is 16.5. The van der Waals surface area contributed by atoms with Gasteiger partial charge >= 0.3 is 0 Å². The van der Waals surface area contributed by atoms with Crippen molar-refractivity contribution in [3.8, 4) is 5.75 Å². The molecule has 1 amide bonds. The van der Waals surface area contributed by atoms with Crippen molar-refractivity contribution in [2.75, 3.05) is 26.4 Å². The van der Waals surface area contributed by atoms with Gasteiger partial charge < -0.3 is 20.5 Å². The Kier molecular flexibility index (Phi) is 6.02. The van der Waals surface area contributed by atoms with Crippen LogP contribution in [-0.2, 0) is 9.53 Å². The second kappa shape index (κ2) is 8.00. The Morgan fingerprint density at radius 3 is 2.86 bits per heavy atom. The van der Waals surface area contributed by atoms with Gasteiger partial charge in [-0.25, -0.2) is 0 Å². The Labute approximate surface area is 125 Å². The number of aryl methyl sites for hydroxylation is 1. The molecule has 1 aliphatic rings. The van der Waals surface area contributed by atoms with Crippen LogP contribution < -0.4 is 15.8 Å². The van der Waals surface area contributed by atoms with Crippen molar-refractivity contribution in [1.29, 1.82) is 0 Å². The molecule has 0 bridgehead atoms. The maximum Gasteiger partial charge on any atom is 0.237 e. The molecule has 116 valence electrons. The molecule has 1 fully saturated rings. The maximum absolute atomic E-state index is 12.0. The van der Waals surface area contributed by atoms with Crippen molar-refractivity contribution < 1.29 is 14.3 Å². The van der Waals surface area contributed by atoms with E-state index in [1.54, 1.807) is 0 Å². The monoisotopic (exact) mass is 292 g/mol. The lowest BCUT2D eigenvalue weighted by Crippen LogP contribution is -2.47. The zero-order valence-electron chi connectivity index (χ0n) is 12.5. The molecule has 1 aromatic rings. The number of hydrogen-bond acceptors (Lipinski definition) is 4. The minimum absolute atomic E-state index is 0.102. The van der Waals surface area contributed by atoms with E-state index in [-0.39, 0.29) is 11.8 Å². The molecule has 5 heteroatoms. The first kappa shape index (κ1) is 15.8. The summed E-state index contributed by atoms with van der Waals surface area (Å²) in [4.78, 5) is 12.0. The van der Waals surface area contributed by atoms with Gasteiger partial charge in [0.1, 0.15) is 12.4 Å². The first-order valence-electron chi connectivity index (χ1n) is 7.48. The van der Waals surface area contributed by atoms with Gasteiger partial charge in [0.2, 0.25) is 5.91 Å². The molecule has 0 radical (unpaired) electrons. The molecule has 1 aliphatic heterocycles. The number of carbonyl (C=O) groups is 1. The summed E-state index contributed by atoms with van der Waals surface area (Å²) >= 11 is 0. The Hall–Kier alpha value is -1.59. The summed E-state index contributed by atoms with van der Waals surface area (Å²) in [5, 5.41) is 2.84. The second-order valence-corrected chi connectivity index (χ2v) is 5.38. The number of amides is 1. The van der Waals surface area contributed by atoms with Crippen LogP contribution in [0.5, 0.6) is 5.75 Å². The zero-order valence-corrected chi connectivity index (χ0v) is 12.5. The fraction of sp³-hybridized carbons (Fsp3) is 0.562. The van der Waals surface area contributed by atoms with Crippen molar-refractivity contribution in [3.63, 3.8) is 0 Å². The zero-order chi connectivity index (χ0) is 15.1. The molecule has 0 spiro atoms. The topological polar surface area (TPSA) is 73.6 Å². The van der Waals surface area contributed by atoms with E-state index in [1.165, 1.54) is 0 Å². The molecule has 3 N–H and O–H groups in total. The highest BCUT2D eigenvalue weighted by molar-refractivity contribution is 5.81. The summed E-state index contributed by atoms with van der Waals surface area (Å²) in [5.41, 5.74) is 7.09. The Morgan fingerprint density at radius 2 is 2.14 bits per heavy atom. The van der Waals surface area contributed by atoms with Crippen LogP contribution in [0.2, 0.25) is 0 Å². The summed E-state index contributed by atoms with van der Waals surface area (Å²) in [6.45, 7) is 4.29. The summed E-state index contributed by atoms with van der Waals surface area (Å²) < 4.78 is 10.9. The normalized spacial score (nSPS) is 17.2. The van der Waals surface area contributed by atoms with Crippen LogP contribution in [0.25, 0.3) is 0 Å². The van der Waals surface area contributed by atoms with Crippen molar-refractivity contribution >= 4 is 5.91 Å². The van der Waals surface area contributed by atoms with Crippen LogP contribution in [0.15, 0.2) is 24.3 Å². The number of carbonyl (C=O) groups excluding carboxylic acids is 1. The minimum Gasteiger partial charge on any atom is -0.491 e. The summed E-state index contributed by atoms with van der Waals surface area (Å²) in [6, 6.07) is 7.37. The Bertz CT molecular complexity index is 459. The quantitative estimate of drug-likeness (QED) is 0.774. The van der Waals surface area contributed by atoms with Gasteiger partial charge in [-0.15, -0.1) is 0 Å². The lowest BCUT2D eigenvalue weighted by molar-refractivity contribution is -0.124. The van der Waals surface area contributed by atoms with E-state index in [4.69, 9.17) is 15.2 Å². The Balaban J connectivity index is 1.68. The highest BCUT2D eigenvalue weighted by Gasteiger charge is 2.26. The van der Waals surface area contributed by atoms with E-state index in [1.807, 2.05) is 31.2 Å². The minimum atomic E-state index is -0.452. The standard InChI is InChI=1S/C16H24N2O3/c1-12-4-2-3-5-14(12)21-11-8-18-16(19)15(17)13-6-9-20-10-7-13/h2-5,13,15H,6-11,17H2,1H3,(H,18,19). The molecule has 0 saturated carbocycles. The molecule has 1 unspecified atom stereocenters. The van der Waals surface area contributed by atoms with Crippen molar-refractivity contribution in [2.24, 2.45) is 11.7 Å². The number of benzene rings is 1. The summed E-state index contributed by atoms with van der Waals surface area (Å²) in [7, 11) is 0. The van der Waals surface area contributed by atoms with Crippen molar-refractivity contribution in [3.05, 3.63) is 29.8 Å². The molecule has 0 aromatic heterocycles.